The van der Waals surface area contributed by atoms with E-state index in [-0.39, 0.29) is 6.04 Å². The molecule has 1 saturated heterocycles. The molecule has 1 heterocycles. The maximum atomic E-state index is 10.9. The Labute approximate surface area is 127 Å². The van der Waals surface area contributed by atoms with Crippen LogP contribution in [0.3, 0.4) is 0 Å². The third kappa shape index (κ3) is 2.99. The molecule has 2 N–H and O–H groups in total. The lowest BCUT2D eigenvalue weighted by Crippen LogP contribution is -2.53. The number of piperidine rings is 1. The fourth-order valence-electron chi connectivity index (χ4n) is 3.90. The van der Waals surface area contributed by atoms with Crippen molar-refractivity contribution in [2.45, 2.75) is 43.7 Å². The molecule has 21 heavy (non-hydrogen) atoms. The highest BCUT2D eigenvalue weighted by Crippen LogP contribution is 2.45. The molecule has 0 aromatic heterocycles. The lowest BCUT2D eigenvalue weighted by molar-refractivity contribution is -0.0861. The molecule has 1 aliphatic carbocycles. The molecule has 0 bridgehead atoms. The van der Waals surface area contributed by atoms with Gasteiger partial charge in [0.05, 0.1) is 5.60 Å². The number of hydrogen-bond donors (Lipinski definition) is 2. The summed E-state index contributed by atoms with van der Waals surface area (Å²) in [5.41, 5.74) is 0.789. The SMILES string of the molecule is C=CCOc1ccc([C@@H]2NCC[C@@]3(O)CCCC[C@H]23)cc1. The summed E-state index contributed by atoms with van der Waals surface area (Å²) >= 11 is 0. The topological polar surface area (TPSA) is 41.5 Å². The van der Waals surface area contributed by atoms with Crippen molar-refractivity contribution in [3.63, 3.8) is 0 Å². The fraction of sp³-hybridized carbons (Fsp3) is 0.556. The summed E-state index contributed by atoms with van der Waals surface area (Å²) < 4.78 is 5.54. The van der Waals surface area contributed by atoms with E-state index in [1.54, 1.807) is 6.08 Å². The molecular formula is C18H25NO2. The first-order valence-electron chi connectivity index (χ1n) is 8.02. The lowest BCUT2D eigenvalue weighted by Gasteiger charge is -2.48. The van der Waals surface area contributed by atoms with Crippen LogP contribution >= 0.6 is 0 Å². The molecule has 1 saturated carbocycles. The third-order valence-corrected chi connectivity index (χ3v) is 5.00. The first kappa shape index (κ1) is 14.6. The standard InChI is InChI=1S/C18H25NO2/c1-2-13-21-15-8-6-14(7-9-15)17-16-5-3-4-10-18(16,20)11-12-19-17/h2,6-9,16-17,19-20H,1,3-5,10-13H2/t16-,17+,18+/m1/s1. The predicted molar refractivity (Wildman–Crippen MR) is 84.4 cm³/mol. The Balaban J connectivity index is 1.77. The van der Waals surface area contributed by atoms with Crippen molar-refractivity contribution in [2.24, 2.45) is 5.92 Å². The minimum absolute atomic E-state index is 0.262. The van der Waals surface area contributed by atoms with Gasteiger partial charge >= 0.3 is 0 Å². The number of ether oxygens (including phenoxy) is 1. The van der Waals surface area contributed by atoms with Crippen LogP contribution in [0.1, 0.15) is 43.7 Å². The molecule has 1 aromatic rings. The van der Waals surface area contributed by atoms with Gasteiger partial charge in [-0.1, -0.05) is 37.6 Å². The van der Waals surface area contributed by atoms with Crippen LogP contribution < -0.4 is 10.1 Å². The van der Waals surface area contributed by atoms with E-state index in [4.69, 9.17) is 4.74 Å². The van der Waals surface area contributed by atoms with Crippen LogP contribution in [0.5, 0.6) is 5.75 Å². The molecule has 0 amide bonds. The smallest absolute Gasteiger partial charge is 0.119 e. The van der Waals surface area contributed by atoms with Crippen LogP contribution in [-0.2, 0) is 0 Å². The number of rotatable bonds is 4. The Bertz CT molecular complexity index is 480. The van der Waals surface area contributed by atoms with Crippen LogP contribution in [0.4, 0.5) is 0 Å². The van der Waals surface area contributed by atoms with Crippen molar-refractivity contribution in [1.82, 2.24) is 5.32 Å². The highest BCUT2D eigenvalue weighted by atomic mass is 16.5. The van der Waals surface area contributed by atoms with Crippen molar-refractivity contribution in [3.8, 4) is 5.75 Å². The zero-order valence-corrected chi connectivity index (χ0v) is 12.6. The van der Waals surface area contributed by atoms with Crippen LogP contribution in [0.2, 0.25) is 0 Å². The van der Waals surface area contributed by atoms with Gasteiger partial charge < -0.3 is 15.2 Å². The molecule has 2 aliphatic rings. The van der Waals surface area contributed by atoms with E-state index < -0.39 is 5.60 Å². The van der Waals surface area contributed by atoms with Crippen LogP contribution in [0, 0.1) is 5.92 Å². The van der Waals surface area contributed by atoms with Crippen molar-refractivity contribution >= 4 is 0 Å². The number of benzene rings is 1. The Morgan fingerprint density at radius 2 is 2.10 bits per heavy atom. The van der Waals surface area contributed by atoms with E-state index in [2.05, 4.69) is 24.0 Å². The molecule has 1 aromatic carbocycles. The van der Waals surface area contributed by atoms with E-state index in [1.165, 1.54) is 12.0 Å². The third-order valence-electron chi connectivity index (χ3n) is 5.00. The van der Waals surface area contributed by atoms with Crippen molar-refractivity contribution in [3.05, 3.63) is 42.5 Å². The van der Waals surface area contributed by atoms with Crippen LogP contribution in [0.25, 0.3) is 0 Å². The summed E-state index contributed by atoms with van der Waals surface area (Å²) in [7, 11) is 0. The highest BCUT2D eigenvalue weighted by molar-refractivity contribution is 5.30. The second-order valence-electron chi connectivity index (χ2n) is 6.31. The lowest BCUT2D eigenvalue weighted by atomic mass is 9.67. The Morgan fingerprint density at radius 1 is 1.29 bits per heavy atom. The summed E-state index contributed by atoms with van der Waals surface area (Å²) in [5.74, 6) is 1.20. The van der Waals surface area contributed by atoms with Gasteiger partial charge in [0.15, 0.2) is 0 Å². The minimum atomic E-state index is -0.466. The largest absolute Gasteiger partial charge is 0.490 e. The summed E-state index contributed by atoms with van der Waals surface area (Å²) in [6.45, 7) is 5.08. The molecule has 0 unspecified atom stereocenters. The fourth-order valence-corrected chi connectivity index (χ4v) is 3.90. The van der Waals surface area contributed by atoms with Gasteiger partial charge in [-0.25, -0.2) is 0 Å². The second-order valence-corrected chi connectivity index (χ2v) is 6.31. The van der Waals surface area contributed by atoms with Gasteiger partial charge in [0.25, 0.3) is 0 Å². The van der Waals surface area contributed by atoms with Crippen molar-refractivity contribution < 1.29 is 9.84 Å². The highest BCUT2D eigenvalue weighted by Gasteiger charge is 2.45. The molecule has 3 nitrogen and oxygen atoms in total. The summed E-state index contributed by atoms with van der Waals surface area (Å²) in [6.07, 6.45) is 7.09. The number of hydrogen-bond acceptors (Lipinski definition) is 3. The normalized spacial score (nSPS) is 32.2. The zero-order chi connectivity index (χ0) is 14.7. The van der Waals surface area contributed by atoms with Crippen LogP contribution in [0.15, 0.2) is 36.9 Å². The molecular weight excluding hydrogens is 262 g/mol. The van der Waals surface area contributed by atoms with Gasteiger partial charge in [-0.05, 0) is 43.5 Å². The summed E-state index contributed by atoms with van der Waals surface area (Å²) in [4.78, 5) is 0. The summed E-state index contributed by atoms with van der Waals surface area (Å²) in [5, 5.41) is 14.5. The number of aliphatic hydroxyl groups is 1. The van der Waals surface area contributed by atoms with E-state index in [9.17, 15) is 5.11 Å². The van der Waals surface area contributed by atoms with Crippen molar-refractivity contribution in [1.29, 1.82) is 0 Å². The number of nitrogens with one attached hydrogen (secondary N) is 1. The maximum Gasteiger partial charge on any atom is 0.119 e. The average molecular weight is 287 g/mol. The molecule has 0 radical (unpaired) electrons. The van der Waals surface area contributed by atoms with E-state index in [0.717, 1.165) is 38.0 Å². The van der Waals surface area contributed by atoms with Gasteiger partial charge in [-0.3, -0.25) is 0 Å². The average Bonchev–Trinajstić information content (AvgIpc) is 2.52. The second kappa shape index (κ2) is 6.20. The first-order valence-corrected chi connectivity index (χ1v) is 8.02. The Morgan fingerprint density at radius 3 is 2.86 bits per heavy atom. The quantitative estimate of drug-likeness (QED) is 0.836. The zero-order valence-electron chi connectivity index (χ0n) is 12.6. The molecule has 0 spiro atoms. The monoisotopic (exact) mass is 287 g/mol. The Hall–Kier alpha value is -1.32. The maximum absolute atomic E-state index is 10.9. The van der Waals surface area contributed by atoms with E-state index >= 15 is 0 Å². The molecule has 2 fully saturated rings. The summed E-state index contributed by atoms with van der Waals surface area (Å²) in [6, 6.07) is 8.53. The molecule has 1 aliphatic heterocycles. The van der Waals surface area contributed by atoms with Gasteiger partial charge in [0.2, 0.25) is 0 Å². The van der Waals surface area contributed by atoms with Crippen molar-refractivity contribution in [2.75, 3.05) is 13.2 Å². The van der Waals surface area contributed by atoms with Gasteiger partial charge in [0, 0.05) is 12.0 Å². The molecule has 3 heteroatoms. The van der Waals surface area contributed by atoms with Crippen LogP contribution in [-0.4, -0.2) is 23.9 Å². The Kier molecular flexibility index (Phi) is 4.32. The van der Waals surface area contributed by atoms with E-state index in [1.807, 2.05) is 12.1 Å². The van der Waals surface area contributed by atoms with Gasteiger partial charge in [-0.2, -0.15) is 0 Å². The molecule has 3 atom stereocenters. The molecule has 114 valence electrons. The number of fused-ring (bicyclic) bond motifs is 1. The van der Waals surface area contributed by atoms with E-state index in [0.29, 0.717) is 12.5 Å². The molecule has 3 rings (SSSR count). The predicted octanol–water partition coefficient (Wildman–Crippen LogP) is 3.21. The minimum Gasteiger partial charge on any atom is -0.490 e. The van der Waals surface area contributed by atoms with Gasteiger partial charge in [-0.15, -0.1) is 0 Å². The van der Waals surface area contributed by atoms with Gasteiger partial charge in [0.1, 0.15) is 12.4 Å². The first-order chi connectivity index (χ1) is 10.2.